The molecule has 0 aliphatic heterocycles. The van der Waals surface area contributed by atoms with E-state index in [0.29, 0.717) is 10.2 Å². The number of carbonyl (C=O) groups is 1. The molecule has 2 rings (SSSR count). The van der Waals surface area contributed by atoms with Gasteiger partial charge in [-0.05, 0) is 42.5 Å². The Kier molecular flexibility index (Phi) is 4.11. The fraction of sp³-hybridized carbons (Fsp3) is 0. The van der Waals surface area contributed by atoms with Crippen LogP contribution in [0.4, 0.5) is 25.0 Å². The molecule has 0 radical (unpaired) electrons. The van der Waals surface area contributed by atoms with Gasteiger partial charge < -0.3 is 10.6 Å². The molecule has 2 amide bonds. The maximum atomic E-state index is 13.5. The van der Waals surface area contributed by atoms with Gasteiger partial charge in [-0.25, -0.2) is 13.6 Å². The lowest BCUT2D eigenvalue weighted by Crippen LogP contribution is -2.20. The van der Waals surface area contributed by atoms with Crippen LogP contribution in [-0.2, 0) is 0 Å². The highest BCUT2D eigenvalue weighted by Crippen LogP contribution is 2.19. The SMILES string of the molecule is O=C(Nc1ccc(F)cc1)Nc1ccc(Br)cc1F. The van der Waals surface area contributed by atoms with Crippen molar-refractivity contribution in [3.8, 4) is 0 Å². The summed E-state index contributed by atoms with van der Waals surface area (Å²) in [4.78, 5) is 11.6. The minimum absolute atomic E-state index is 0.0582. The highest BCUT2D eigenvalue weighted by molar-refractivity contribution is 9.10. The Morgan fingerprint density at radius 1 is 1.00 bits per heavy atom. The summed E-state index contributed by atoms with van der Waals surface area (Å²) in [5.74, 6) is -0.950. The number of urea groups is 1. The highest BCUT2D eigenvalue weighted by Gasteiger charge is 2.07. The summed E-state index contributed by atoms with van der Waals surface area (Å²) in [5.41, 5.74) is 0.472. The Balaban J connectivity index is 2.03. The molecule has 0 atom stereocenters. The van der Waals surface area contributed by atoms with E-state index in [1.165, 1.54) is 36.4 Å². The van der Waals surface area contributed by atoms with Gasteiger partial charge in [-0.2, -0.15) is 0 Å². The van der Waals surface area contributed by atoms with E-state index >= 15 is 0 Å². The average molecular weight is 327 g/mol. The fourth-order valence-corrected chi connectivity index (χ4v) is 1.74. The Hall–Kier alpha value is -1.95. The van der Waals surface area contributed by atoms with E-state index < -0.39 is 17.7 Å². The van der Waals surface area contributed by atoms with Gasteiger partial charge in [-0.1, -0.05) is 15.9 Å². The van der Waals surface area contributed by atoms with Crippen molar-refractivity contribution in [1.82, 2.24) is 0 Å². The molecule has 0 unspecified atom stereocenters. The molecule has 0 spiro atoms. The Morgan fingerprint density at radius 3 is 2.32 bits per heavy atom. The van der Waals surface area contributed by atoms with Gasteiger partial charge in [-0.3, -0.25) is 0 Å². The normalized spacial score (nSPS) is 10.1. The largest absolute Gasteiger partial charge is 0.323 e. The first-order valence-electron chi connectivity index (χ1n) is 5.33. The number of halogens is 3. The van der Waals surface area contributed by atoms with Gasteiger partial charge in [0, 0.05) is 10.2 Å². The second-order valence-corrected chi connectivity index (χ2v) is 4.63. The molecule has 0 aliphatic carbocycles. The van der Waals surface area contributed by atoms with Crippen LogP contribution in [0.2, 0.25) is 0 Å². The third-order valence-electron chi connectivity index (χ3n) is 2.28. The van der Waals surface area contributed by atoms with Gasteiger partial charge in [-0.15, -0.1) is 0 Å². The van der Waals surface area contributed by atoms with E-state index in [9.17, 15) is 13.6 Å². The van der Waals surface area contributed by atoms with Crippen LogP contribution in [0.1, 0.15) is 0 Å². The molecule has 0 aromatic heterocycles. The van der Waals surface area contributed by atoms with Crippen molar-refractivity contribution in [2.24, 2.45) is 0 Å². The van der Waals surface area contributed by atoms with Gasteiger partial charge in [0.25, 0.3) is 0 Å². The minimum atomic E-state index is -0.604. The monoisotopic (exact) mass is 326 g/mol. The number of carbonyl (C=O) groups excluding carboxylic acids is 1. The number of nitrogens with one attached hydrogen (secondary N) is 2. The average Bonchev–Trinajstić information content (AvgIpc) is 2.36. The van der Waals surface area contributed by atoms with E-state index in [1.54, 1.807) is 6.07 Å². The predicted octanol–water partition coefficient (Wildman–Crippen LogP) is 4.37. The van der Waals surface area contributed by atoms with Crippen LogP contribution in [0.3, 0.4) is 0 Å². The third-order valence-corrected chi connectivity index (χ3v) is 2.77. The van der Waals surface area contributed by atoms with Gasteiger partial charge >= 0.3 is 6.03 Å². The third kappa shape index (κ3) is 3.75. The molecule has 3 nitrogen and oxygen atoms in total. The van der Waals surface area contributed by atoms with Crippen LogP contribution in [0, 0.1) is 11.6 Å². The minimum Gasteiger partial charge on any atom is -0.308 e. The zero-order valence-corrected chi connectivity index (χ0v) is 11.2. The molecule has 98 valence electrons. The first kappa shape index (κ1) is 13.5. The second kappa shape index (κ2) is 5.79. The number of rotatable bonds is 2. The van der Waals surface area contributed by atoms with Gasteiger partial charge in [0.1, 0.15) is 11.6 Å². The zero-order chi connectivity index (χ0) is 13.8. The van der Waals surface area contributed by atoms with Crippen molar-refractivity contribution in [2.75, 3.05) is 10.6 Å². The fourth-order valence-electron chi connectivity index (χ4n) is 1.41. The summed E-state index contributed by atoms with van der Waals surface area (Å²) in [6, 6.07) is 8.94. The summed E-state index contributed by atoms with van der Waals surface area (Å²) in [6.45, 7) is 0. The molecule has 2 aromatic rings. The van der Waals surface area contributed by atoms with Crippen molar-refractivity contribution in [2.45, 2.75) is 0 Å². The topological polar surface area (TPSA) is 41.1 Å². The molecule has 6 heteroatoms. The molecule has 2 aromatic carbocycles. The molecule has 0 aliphatic rings. The second-order valence-electron chi connectivity index (χ2n) is 3.71. The molecule has 19 heavy (non-hydrogen) atoms. The van der Waals surface area contributed by atoms with Crippen molar-refractivity contribution in [1.29, 1.82) is 0 Å². The first-order valence-corrected chi connectivity index (χ1v) is 6.12. The van der Waals surface area contributed by atoms with Gasteiger partial charge in [0.2, 0.25) is 0 Å². The summed E-state index contributed by atoms with van der Waals surface area (Å²) < 4.78 is 26.7. The molecule has 0 fully saturated rings. The number of hydrogen-bond donors (Lipinski definition) is 2. The molecule has 0 heterocycles. The number of anilines is 2. The number of amides is 2. The lowest BCUT2D eigenvalue weighted by Gasteiger charge is -2.08. The molecule has 2 N–H and O–H groups in total. The Labute approximate surface area is 116 Å². The van der Waals surface area contributed by atoms with Crippen LogP contribution in [0.15, 0.2) is 46.9 Å². The molecular weight excluding hydrogens is 318 g/mol. The summed E-state index contributed by atoms with van der Waals surface area (Å²) in [7, 11) is 0. The summed E-state index contributed by atoms with van der Waals surface area (Å²) >= 11 is 3.12. The van der Waals surface area contributed by atoms with Crippen LogP contribution in [-0.4, -0.2) is 6.03 Å². The van der Waals surface area contributed by atoms with Gasteiger partial charge in [0.05, 0.1) is 5.69 Å². The van der Waals surface area contributed by atoms with E-state index in [-0.39, 0.29) is 5.69 Å². The zero-order valence-electron chi connectivity index (χ0n) is 9.58. The van der Waals surface area contributed by atoms with Crippen LogP contribution in [0.5, 0.6) is 0 Å². The maximum Gasteiger partial charge on any atom is 0.323 e. The number of hydrogen-bond acceptors (Lipinski definition) is 1. The molecule has 0 saturated heterocycles. The highest BCUT2D eigenvalue weighted by atomic mass is 79.9. The van der Waals surface area contributed by atoms with Crippen LogP contribution >= 0.6 is 15.9 Å². The standard InChI is InChI=1S/C13H9BrF2N2O/c14-8-1-6-12(11(16)7-8)18-13(19)17-10-4-2-9(15)3-5-10/h1-7H,(H2,17,18,19). The smallest absolute Gasteiger partial charge is 0.308 e. The van der Waals surface area contributed by atoms with Crippen LogP contribution in [0.25, 0.3) is 0 Å². The van der Waals surface area contributed by atoms with E-state index in [2.05, 4.69) is 26.6 Å². The molecule has 0 bridgehead atoms. The van der Waals surface area contributed by atoms with E-state index in [0.717, 1.165) is 0 Å². The van der Waals surface area contributed by atoms with Crippen molar-refractivity contribution < 1.29 is 13.6 Å². The molecule has 0 saturated carbocycles. The van der Waals surface area contributed by atoms with E-state index in [4.69, 9.17) is 0 Å². The van der Waals surface area contributed by atoms with Crippen molar-refractivity contribution in [3.63, 3.8) is 0 Å². The lowest BCUT2D eigenvalue weighted by atomic mass is 10.3. The summed E-state index contributed by atoms with van der Waals surface area (Å²) in [5, 5.41) is 4.83. The summed E-state index contributed by atoms with van der Waals surface area (Å²) in [6.07, 6.45) is 0. The molecular formula is C13H9BrF2N2O. The van der Waals surface area contributed by atoms with Crippen molar-refractivity contribution >= 4 is 33.3 Å². The Morgan fingerprint density at radius 2 is 1.68 bits per heavy atom. The lowest BCUT2D eigenvalue weighted by molar-refractivity contribution is 0.262. The van der Waals surface area contributed by atoms with Crippen molar-refractivity contribution in [3.05, 3.63) is 58.6 Å². The quantitative estimate of drug-likeness (QED) is 0.845. The van der Waals surface area contributed by atoms with E-state index in [1.807, 2.05) is 0 Å². The Bertz CT molecular complexity index is 602. The first-order chi connectivity index (χ1) is 9.04. The van der Waals surface area contributed by atoms with Gasteiger partial charge in [0.15, 0.2) is 0 Å². The van der Waals surface area contributed by atoms with Crippen LogP contribution < -0.4 is 10.6 Å². The maximum absolute atomic E-state index is 13.5. The predicted molar refractivity (Wildman–Crippen MR) is 73.1 cm³/mol. The number of benzene rings is 2.